The van der Waals surface area contributed by atoms with Gasteiger partial charge < -0.3 is 10.2 Å². The number of carbonyl (C=O) groups excluding carboxylic acids is 2. The molecule has 204 valence electrons. The Hall–Kier alpha value is -2.50. The standard InChI is InChI=1S/C24H28Cl2F3N3O4S/c1-15(2)12-30-23(34)16(3)31(13-17-7-5-6-8-19(17)25)22(33)14-32(37(4,35)36)21-11-18(24(27,28)29)9-10-20(21)26/h5-11,15-16H,12-14H2,1-4H3,(H,30,34)/t16-/m1/s1. The summed E-state index contributed by atoms with van der Waals surface area (Å²) in [7, 11) is -4.27. The van der Waals surface area contributed by atoms with Crippen molar-refractivity contribution in [3.63, 3.8) is 0 Å². The summed E-state index contributed by atoms with van der Waals surface area (Å²) in [6.07, 6.45) is -4.03. The summed E-state index contributed by atoms with van der Waals surface area (Å²) in [5, 5.41) is 2.74. The Bertz CT molecular complexity index is 1240. The number of alkyl halides is 3. The van der Waals surface area contributed by atoms with Crippen molar-refractivity contribution in [1.82, 2.24) is 10.2 Å². The van der Waals surface area contributed by atoms with E-state index in [2.05, 4.69) is 5.32 Å². The Morgan fingerprint density at radius 2 is 1.65 bits per heavy atom. The molecule has 2 amide bonds. The van der Waals surface area contributed by atoms with Crippen molar-refractivity contribution in [1.29, 1.82) is 0 Å². The van der Waals surface area contributed by atoms with Crippen molar-refractivity contribution in [2.24, 2.45) is 5.92 Å². The lowest BCUT2D eigenvalue weighted by molar-refractivity contribution is -0.139. The molecule has 1 N–H and O–H groups in total. The van der Waals surface area contributed by atoms with Gasteiger partial charge >= 0.3 is 6.18 Å². The number of sulfonamides is 1. The molecular formula is C24H28Cl2F3N3O4S. The van der Waals surface area contributed by atoms with Gasteiger partial charge in [0.1, 0.15) is 12.6 Å². The Balaban J connectivity index is 2.49. The zero-order valence-electron chi connectivity index (χ0n) is 20.6. The van der Waals surface area contributed by atoms with E-state index in [-0.39, 0.29) is 17.5 Å². The number of amides is 2. The third-order valence-corrected chi connectivity index (χ3v) is 7.19. The van der Waals surface area contributed by atoms with E-state index in [9.17, 15) is 31.2 Å². The number of anilines is 1. The van der Waals surface area contributed by atoms with Crippen LogP contribution in [0, 0.1) is 5.92 Å². The first-order valence-corrected chi connectivity index (χ1v) is 13.8. The van der Waals surface area contributed by atoms with Crippen molar-refractivity contribution in [3.8, 4) is 0 Å². The van der Waals surface area contributed by atoms with Gasteiger partial charge in [0.25, 0.3) is 0 Å². The van der Waals surface area contributed by atoms with Crippen molar-refractivity contribution < 1.29 is 31.2 Å². The van der Waals surface area contributed by atoms with Gasteiger partial charge in [0.15, 0.2) is 0 Å². The number of nitrogens with zero attached hydrogens (tertiary/aromatic N) is 2. The highest BCUT2D eigenvalue weighted by Gasteiger charge is 2.34. The van der Waals surface area contributed by atoms with E-state index >= 15 is 0 Å². The fourth-order valence-electron chi connectivity index (χ4n) is 3.32. The highest BCUT2D eigenvalue weighted by atomic mass is 35.5. The van der Waals surface area contributed by atoms with Crippen molar-refractivity contribution >= 4 is 50.7 Å². The fraction of sp³-hybridized carbons (Fsp3) is 0.417. The van der Waals surface area contributed by atoms with Gasteiger partial charge in [0, 0.05) is 18.1 Å². The molecule has 1 atom stereocenters. The lowest BCUT2D eigenvalue weighted by atomic mass is 10.1. The molecule has 0 radical (unpaired) electrons. The average molecular weight is 582 g/mol. The smallest absolute Gasteiger partial charge is 0.354 e. The van der Waals surface area contributed by atoms with Crippen molar-refractivity contribution in [3.05, 3.63) is 63.6 Å². The molecule has 0 aromatic heterocycles. The van der Waals surface area contributed by atoms with Crippen LogP contribution in [0.5, 0.6) is 0 Å². The molecule has 0 aliphatic heterocycles. The average Bonchev–Trinajstić information content (AvgIpc) is 2.79. The molecule has 0 bridgehead atoms. The van der Waals surface area contributed by atoms with Crippen molar-refractivity contribution in [2.75, 3.05) is 23.7 Å². The second-order valence-corrected chi connectivity index (χ2v) is 11.6. The van der Waals surface area contributed by atoms with Gasteiger partial charge in [-0.1, -0.05) is 55.2 Å². The van der Waals surface area contributed by atoms with Gasteiger partial charge in [-0.3, -0.25) is 13.9 Å². The topological polar surface area (TPSA) is 86.8 Å². The van der Waals surface area contributed by atoms with Crippen LogP contribution in [0.3, 0.4) is 0 Å². The van der Waals surface area contributed by atoms with Crippen molar-refractivity contribution in [2.45, 2.75) is 39.5 Å². The van der Waals surface area contributed by atoms with E-state index < -0.39 is 51.9 Å². The van der Waals surface area contributed by atoms with Crippen LogP contribution in [-0.2, 0) is 32.3 Å². The molecule has 7 nitrogen and oxygen atoms in total. The summed E-state index contributed by atoms with van der Waals surface area (Å²) in [5.41, 5.74) is -1.16. The first-order chi connectivity index (χ1) is 17.0. The van der Waals surface area contributed by atoms with Gasteiger partial charge in [-0.05, 0) is 42.7 Å². The van der Waals surface area contributed by atoms with Crippen LogP contribution in [0.4, 0.5) is 18.9 Å². The Morgan fingerprint density at radius 3 is 2.19 bits per heavy atom. The molecule has 2 aromatic carbocycles. The molecule has 2 rings (SSSR count). The number of rotatable bonds is 10. The van der Waals surface area contributed by atoms with Crippen LogP contribution in [0.25, 0.3) is 0 Å². The van der Waals surface area contributed by atoms with Gasteiger partial charge in [0.05, 0.1) is 22.5 Å². The molecule has 13 heteroatoms. The minimum Gasteiger partial charge on any atom is -0.354 e. The molecule has 37 heavy (non-hydrogen) atoms. The molecule has 0 unspecified atom stereocenters. The maximum atomic E-state index is 13.5. The van der Waals surface area contributed by atoms with E-state index in [1.807, 2.05) is 13.8 Å². The van der Waals surface area contributed by atoms with E-state index in [4.69, 9.17) is 23.2 Å². The summed E-state index contributed by atoms with van der Waals surface area (Å²) >= 11 is 12.3. The number of nitrogens with one attached hydrogen (secondary N) is 1. The number of carbonyl (C=O) groups is 2. The van der Waals surface area contributed by atoms with Crippen LogP contribution in [0.1, 0.15) is 31.9 Å². The van der Waals surface area contributed by atoms with E-state index in [1.54, 1.807) is 24.3 Å². The Kier molecular flexibility index (Phi) is 10.3. The maximum Gasteiger partial charge on any atom is 0.416 e. The SMILES string of the molecule is CC(C)CNC(=O)[C@@H](C)N(Cc1ccccc1Cl)C(=O)CN(c1cc(C(F)(F)F)ccc1Cl)S(C)(=O)=O. The Labute approximate surface area is 224 Å². The highest BCUT2D eigenvalue weighted by Crippen LogP contribution is 2.36. The first-order valence-electron chi connectivity index (χ1n) is 11.2. The minimum absolute atomic E-state index is 0.132. The molecule has 0 heterocycles. The molecule has 0 saturated carbocycles. The quantitative estimate of drug-likeness (QED) is 0.429. The van der Waals surface area contributed by atoms with Crippen LogP contribution in [0.2, 0.25) is 10.0 Å². The van der Waals surface area contributed by atoms with E-state index in [0.29, 0.717) is 33.6 Å². The lowest BCUT2D eigenvalue weighted by Crippen LogP contribution is -2.51. The molecule has 0 spiro atoms. The molecule has 0 saturated heterocycles. The third kappa shape index (κ3) is 8.51. The third-order valence-electron chi connectivity index (χ3n) is 5.37. The normalized spacial score (nSPS) is 12.8. The van der Waals surface area contributed by atoms with Gasteiger partial charge in [0.2, 0.25) is 21.8 Å². The second-order valence-electron chi connectivity index (χ2n) is 8.86. The number of hydrogen-bond donors (Lipinski definition) is 1. The van der Waals surface area contributed by atoms with Gasteiger partial charge in [-0.15, -0.1) is 0 Å². The van der Waals surface area contributed by atoms with Crippen LogP contribution in [-0.4, -0.2) is 50.5 Å². The predicted molar refractivity (Wildman–Crippen MR) is 138 cm³/mol. The number of hydrogen-bond acceptors (Lipinski definition) is 4. The van der Waals surface area contributed by atoms with Crippen LogP contribution in [0.15, 0.2) is 42.5 Å². The Morgan fingerprint density at radius 1 is 1.03 bits per heavy atom. The zero-order chi connectivity index (χ0) is 28.1. The number of benzene rings is 2. The second kappa shape index (κ2) is 12.4. The molecule has 0 aliphatic rings. The monoisotopic (exact) mass is 581 g/mol. The molecule has 0 fully saturated rings. The largest absolute Gasteiger partial charge is 0.416 e. The summed E-state index contributed by atoms with van der Waals surface area (Å²) in [4.78, 5) is 27.4. The predicted octanol–water partition coefficient (Wildman–Crippen LogP) is 4.97. The van der Waals surface area contributed by atoms with Crippen LogP contribution >= 0.6 is 23.2 Å². The van der Waals surface area contributed by atoms with E-state index in [1.165, 1.54) is 6.92 Å². The minimum atomic E-state index is -4.77. The maximum absolute atomic E-state index is 13.5. The lowest BCUT2D eigenvalue weighted by Gasteiger charge is -2.32. The van der Waals surface area contributed by atoms with Crippen LogP contribution < -0.4 is 9.62 Å². The summed E-state index contributed by atoms with van der Waals surface area (Å²) in [6, 6.07) is 7.71. The summed E-state index contributed by atoms with van der Waals surface area (Å²) in [5.74, 6) is -1.20. The fourth-order valence-corrected chi connectivity index (χ4v) is 4.64. The molecule has 2 aromatic rings. The first kappa shape index (κ1) is 30.7. The molecule has 0 aliphatic carbocycles. The number of halogens is 5. The van der Waals surface area contributed by atoms with Gasteiger partial charge in [-0.25, -0.2) is 8.42 Å². The summed E-state index contributed by atoms with van der Waals surface area (Å²) in [6.45, 7) is 4.54. The zero-order valence-corrected chi connectivity index (χ0v) is 23.0. The summed E-state index contributed by atoms with van der Waals surface area (Å²) < 4.78 is 65.6. The molecular weight excluding hydrogens is 554 g/mol. The highest BCUT2D eigenvalue weighted by molar-refractivity contribution is 7.92. The van der Waals surface area contributed by atoms with Gasteiger partial charge in [-0.2, -0.15) is 13.2 Å². The van der Waals surface area contributed by atoms with E-state index in [0.717, 1.165) is 17.2 Å².